The Morgan fingerprint density at radius 3 is 2.47 bits per heavy atom. The molecular weight excluding hydrogens is 214 g/mol. The van der Waals surface area contributed by atoms with Gasteiger partial charge in [-0.1, -0.05) is 6.92 Å². The zero-order valence-corrected chi connectivity index (χ0v) is 11.3. The van der Waals surface area contributed by atoms with E-state index in [4.69, 9.17) is 0 Å². The van der Waals surface area contributed by atoms with Crippen LogP contribution in [-0.4, -0.2) is 72.9 Å². The summed E-state index contributed by atoms with van der Waals surface area (Å²) in [7, 11) is 1.98. The zero-order chi connectivity index (χ0) is 12.3. The van der Waals surface area contributed by atoms with Crippen LogP contribution < -0.4 is 5.32 Å². The molecule has 0 bridgehead atoms. The summed E-state index contributed by atoms with van der Waals surface area (Å²) in [5, 5.41) is 12.9. The highest BCUT2D eigenvalue weighted by Crippen LogP contribution is 2.32. The van der Waals surface area contributed by atoms with Crippen molar-refractivity contribution >= 4 is 0 Å². The number of hydrogen-bond donors (Lipinski definition) is 2. The van der Waals surface area contributed by atoms with E-state index in [9.17, 15) is 5.11 Å². The minimum Gasteiger partial charge on any atom is -0.394 e. The fourth-order valence-corrected chi connectivity index (χ4v) is 3.30. The molecule has 0 aromatic rings. The van der Waals surface area contributed by atoms with E-state index in [1.54, 1.807) is 0 Å². The Morgan fingerprint density at radius 1 is 1.29 bits per heavy atom. The van der Waals surface area contributed by atoms with Gasteiger partial charge in [-0.2, -0.15) is 0 Å². The van der Waals surface area contributed by atoms with E-state index in [-0.39, 0.29) is 12.1 Å². The third kappa shape index (κ3) is 2.81. The molecule has 0 radical (unpaired) electrons. The van der Waals surface area contributed by atoms with Gasteiger partial charge in [0.2, 0.25) is 0 Å². The SMILES string of the molecule is CCN1CCN(C2CCC(CO)(NC)C2)CC1. The molecule has 1 saturated heterocycles. The molecule has 1 aliphatic heterocycles. The van der Waals surface area contributed by atoms with Gasteiger partial charge in [-0.3, -0.25) is 4.90 Å². The lowest BCUT2D eigenvalue weighted by atomic mass is 9.99. The normalized spacial score (nSPS) is 36.5. The van der Waals surface area contributed by atoms with Crippen LogP contribution in [0.25, 0.3) is 0 Å². The number of aliphatic hydroxyl groups is 1. The predicted octanol–water partition coefficient (Wildman–Crippen LogP) is 0.127. The average Bonchev–Trinajstić information content (AvgIpc) is 2.84. The summed E-state index contributed by atoms with van der Waals surface area (Å²) < 4.78 is 0. The molecule has 2 atom stereocenters. The highest BCUT2D eigenvalue weighted by atomic mass is 16.3. The van der Waals surface area contributed by atoms with Crippen LogP contribution in [0.5, 0.6) is 0 Å². The van der Waals surface area contributed by atoms with Gasteiger partial charge in [0.05, 0.1) is 6.61 Å². The van der Waals surface area contributed by atoms with Crippen LogP contribution in [0.3, 0.4) is 0 Å². The van der Waals surface area contributed by atoms with Gasteiger partial charge in [0.15, 0.2) is 0 Å². The lowest BCUT2D eigenvalue weighted by Crippen LogP contribution is -2.51. The number of hydrogen-bond acceptors (Lipinski definition) is 4. The Bertz CT molecular complexity index is 235. The van der Waals surface area contributed by atoms with Crippen molar-refractivity contribution < 1.29 is 5.11 Å². The molecule has 2 N–H and O–H groups in total. The van der Waals surface area contributed by atoms with Crippen LogP contribution in [0.2, 0.25) is 0 Å². The fraction of sp³-hybridized carbons (Fsp3) is 1.00. The maximum Gasteiger partial charge on any atom is 0.0613 e. The van der Waals surface area contributed by atoms with Crippen molar-refractivity contribution in [2.45, 2.75) is 37.8 Å². The molecule has 4 nitrogen and oxygen atoms in total. The fourth-order valence-electron chi connectivity index (χ4n) is 3.30. The van der Waals surface area contributed by atoms with Gasteiger partial charge in [-0.25, -0.2) is 0 Å². The zero-order valence-electron chi connectivity index (χ0n) is 11.3. The first kappa shape index (κ1) is 13.3. The van der Waals surface area contributed by atoms with Crippen molar-refractivity contribution in [2.24, 2.45) is 0 Å². The van der Waals surface area contributed by atoms with Crippen molar-refractivity contribution in [3.8, 4) is 0 Å². The molecule has 4 heteroatoms. The second kappa shape index (κ2) is 5.65. The lowest BCUT2D eigenvalue weighted by Gasteiger charge is -2.38. The number of piperazine rings is 1. The van der Waals surface area contributed by atoms with Crippen LogP contribution >= 0.6 is 0 Å². The van der Waals surface area contributed by atoms with Crippen LogP contribution in [0.1, 0.15) is 26.2 Å². The van der Waals surface area contributed by atoms with Crippen molar-refractivity contribution in [1.29, 1.82) is 0 Å². The summed E-state index contributed by atoms with van der Waals surface area (Å²) in [6.45, 7) is 8.50. The Balaban J connectivity index is 1.85. The van der Waals surface area contributed by atoms with Crippen molar-refractivity contribution in [3.05, 3.63) is 0 Å². The minimum atomic E-state index is -0.00738. The van der Waals surface area contributed by atoms with E-state index in [1.807, 2.05) is 7.05 Å². The van der Waals surface area contributed by atoms with Gasteiger partial charge in [0, 0.05) is 37.8 Å². The molecule has 100 valence electrons. The second-order valence-corrected chi connectivity index (χ2v) is 5.56. The first-order valence-electron chi connectivity index (χ1n) is 6.99. The van der Waals surface area contributed by atoms with E-state index < -0.39 is 0 Å². The molecule has 2 aliphatic rings. The summed E-state index contributed by atoms with van der Waals surface area (Å²) in [6, 6.07) is 0.675. The molecule has 17 heavy (non-hydrogen) atoms. The standard InChI is InChI=1S/C13H27N3O/c1-3-15-6-8-16(9-7-15)12-4-5-13(10-12,11-17)14-2/h12,14,17H,3-11H2,1-2H3. The van der Waals surface area contributed by atoms with Gasteiger partial charge in [-0.15, -0.1) is 0 Å². The Labute approximate surface area is 105 Å². The first-order chi connectivity index (χ1) is 8.23. The summed E-state index contributed by atoms with van der Waals surface area (Å²) >= 11 is 0. The molecule has 1 heterocycles. The highest BCUT2D eigenvalue weighted by Gasteiger charge is 2.40. The molecule has 0 aromatic carbocycles. The summed E-state index contributed by atoms with van der Waals surface area (Å²) in [4.78, 5) is 5.14. The number of nitrogens with zero attached hydrogens (tertiary/aromatic N) is 2. The van der Waals surface area contributed by atoms with Crippen molar-refractivity contribution in [2.75, 3.05) is 46.4 Å². The molecule has 0 aromatic heterocycles. The van der Waals surface area contributed by atoms with E-state index in [0.29, 0.717) is 6.04 Å². The van der Waals surface area contributed by atoms with Crippen molar-refractivity contribution in [1.82, 2.24) is 15.1 Å². The quantitative estimate of drug-likeness (QED) is 0.734. The Hall–Kier alpha value is -0.160. The smallest absolute Gasteiger partial charge is 0.0613 e. The highest BCUT2D eigenvalue weighted by molar-refractivity contribution is 4.99. The minimum absolute atomic E-state index is 0.00738. The second-order valence-electron chi connectivity index (χ2n) is 5.56. The monoisotopic (exact) mass is 241 g/mol. The number of rotatable bonds is 4. The van der Waals surface area contributed by atoms with Gasteiger partial charge >= 0.3 is 0 Å². The largest absolute Gasteiger partial charge is 0.394 e. The third-order valence-electron chi connectivity index (χ3n) is 4.79. The molecule has 2 unspecified atom stereocenters. The molecule has 2 rings (SSSR count). The molecule has 1 saturated carbocycles. The first-order valence-corrected chi connectivity index (χ1v) is 6.99. The molecule has 2 fully saturated rings. The van der Waals surface area contributed by atoms with Crippen LogP contribution in [0, 0.1) is 0 Å². The maximum atomic E-state index is 9.52. The molecule has 0 amide bonds. The Kier molecular flexibility index (Phi) is 4.42. The predicted molar refractivity (Wildman–Crippen MR) is 70.2 cm³/mol. The molecule has 0 spiro atoms. The average molecular weight is 241 g/mol. The van der Waals surface area contributed by atoms with E-state index >= 15 is 0 Å². The van der Waals surface area contributed by atoms with Crippen molar-refractivity contribution in [3.63, 3.8) is 0 Å². The lowest BCUT2D eigenvalue weighted by molar-refractivity contribution is 0.0920. The van der Waals surface area contributed by atoms with E-state index in [2.05, 4.69) is 22.0 Å². The van der Waals surface area contributed by atoms with Gasteiger partial charge in [0.25, 0.3) is 0 Å². The summed E-state index contributed by atoms with van der Waals surface area (Å²) in [6.07, 6.45) is 3.44. The molecular formula is C13H27N3O. The van der Waals surface area contributed by atoms with Crippen LogP contribution in [0.4, 0.5) is 0 Å². The van der Waals surface area contributed by atoms with Gasteiger partial charge in [0.1, 0.15) is 0 Å². The third-order valence-corrected chi connectivity index (χ3v) is 4.79. The van der Waals surface area contributed by atoms with E-state index in [0.717, 1.165) is 12.8 Å². The molecule has 1 aliphatic carbocycles. The Morgan fingerprint density at radius 2 is 2.00 bits per heavy atom. The number of aliphatic hydroxyl groups excluding tert-OH is 1. The van der Waals surface area contributed by atoms with Crippen LogP contribution in [0.15, 0.2) is 0 Å². The van der Waals surface area contributed by atoms with E-state index in [1.165, 1.54) is 39.1 Å². The summed E-state index contributed by atoms with van der Waals surface area (Å²) in [5.74, 6) is 0. The maximum absolute atomic E-state index is 9.52. The number of likely N-dealkylation sites (N-methyl/N-ethyl adjacent to an activating group) is 2. The van der Waals surface area contributed by atoms with Gasteiger partial charge < -0.3 is 15.3 Å². The topological polar surface area (TPSA) is 38.7 Å². The number of nitrogens with one attached hydrogen (secondary N) is 1. The van der Waals surface area contributed by atoms with Gasteiger partial charge in [-0.05, 0) is 32.9 Å². The van der Waals surface area contributed by atoms with Crippen LogP contribution in [-0.2, 0) is 0 Å². The summed E-state index contributed by atoms with van der Waals surface area (Å²) in [5.41, 5.74) is -0.00738.